The summed E-state index contributed by atoms with van der Waals surface area (Å²) in [6.45, 7) is 2.14. The zero-order chi connectivity index (χ0) is 18.3. The molecule has 1 atom stereocenters. The van der Waals surface area contributed by atoms with Crippen LogP contribution in [0, 0.1) is 4.91 Å². The van der Waals surface area contributed by atoms with Crippen LogP contribution in [-0.4, -0.2) is 23.2 Å². The predicted octanol–water partition coefficient (Wildman–Crippen LogP) is 4.38. The van der Waals surface area contributed by atoms with Crippen LogP contribution in [0.1, 0.15) is 24.5 Å². The molecule has 132 valence electrons. The molecule has 0 bridgehead atoms. The molecule has 2 aliphatic heterocycles. The summed E-state index contributed by atoms with van der Waals surface area (Å²) in [5, 5.41) is 3.44. The average Bonchev–Trinajstić information content (AvgIpc) is 3.27. The molecule has 4 rings (SSSR count). The fourth-order valence-corrected chi connectivity index (χ4v) is 3.96. The van der Waals surface area contributed by atoms with E-state index >= 15 is 0 Å². The average molecular weight is 367 g/mol. The predicted molar refractivity (Wildman–Crippen MR) is 106 cm³/mol. The van der Waals surface area contributed by atoms with E-state index in [4.69, 9.17) is 11.6 Å². The van der Waals surface area contributed by atoms with Gasteiger partial charge in [0.25, 0.3) is 0 Å². The maximum Gasteiger partial charge on any atom is 0.104 e. The van der Waals surface area contributed by atoms with Crippen LogP contribution in [0.3, 0.4) is 0 Å². The third-order valence-corrected chi connectivity index (χ3v) is 5.66. The van der Waals surface area contributed by atoms with Crippen molar-refractivity contribution in [3.8, 4) is 0 Å². The Labute approximate surface area is 157 Å². The third kappa shape index (κ3) is 2.59. The van der Waals surface area contributed by atoms with Gasteiger partial charge in [0, 0.05) is 30.9 Å². The van der Waals surface area contributed by atoms with Gasteiger partial charge in [-0.3, -0.25) is 4.99 Å². The first-order valence-corrected chi connectivity index (χ1v) is 8.89. The van der Waals surface area contributed by atoms with Crippen molar-refractivity contribution in [2.45, 2.75) is 25.3 Å². The summed E-state index contributed by atoms with van der Waals surface area (Å²) in [7, 11) is 2.01. The standard InChI is InChI=1S/C20H19ClN4O/c1-20(19(25(20)2)12-23-24-26)17-9-14-5-3-4-8-22-18(14)10-13-6-7-15(21)11-16(13)17/h4-9,11-12H,3,10H2,1-2H3,(H,23,26). The first kappa shape index (κ1) is 16.8. The lowest BCUT2D eigenvalue weighted by Gasteiger charge is -2.17. The van der Waals surface area contributed by atoms with Gasteiger partial charge in [-0.05, 0) is 53.8 Å². The van der Waals surface area contributed by atoms with Gasteiger partial charge >= 0.3 is 0 Å². The van der Waals surface area contributed by atoms with E-state index in [0.717, 1.165) is 41.0 Å². The SMILES string of the molecule is CN1C(=CNN=O)C1(C)C1=CC2=CCC=CN=C2Cc2ccc(Cl)cc21. The number of hydrogen-bond donors (Lipinski definition) is 1. The van der Waals surface area contributed by atoms with Crippen LogP contribution in [0.5, 0.6) is 0 Å². The van der Waals surface area contributed by atoms with Gasteiger partial charge in [0.15, 0.2) is 0 Å². The quantitative estimate of drug-likeness (QED) is 0.490. The Kier molecular flexibility index (Phi) is 4.04. The summed E-state index contributed by atoms with van der Waals surface area (Å²) < 4.78 is 0. The van der Waals surface area contributed by atoms with Gasteiger partial charge in [0.1, 0.15) is 5.54 Å². The first-order valence-electron chi connectivity index (χ1n) is 8.51. The van der Waals surface area contributed by atoms with E-state index in [1.165, 1.54) is 5.56 Å². The smallest absolute Gasteiger partial charge is 0.104 e. The zero-order valence-corrected chi connectivity index (χ0v) is 15.4. The van der Waals surface area contributed by atoms with E-state index in [0.29, 0.717) is 5.02 Å². The van der Waals surface area contributed by atoms with Crippen LogP contribution in [0.4, 0.5) is 0 Å². The second-order valence-corrected chi connectivity index (χ2v) is 7.21. The van der Waals surface area contributed by atoms with E-state index in [1.807, 2.05) is 25.4 Å². The number of fused-ring (bicyclic) bond motifs is 2. The number of hydrogen-bond acceptors (Lipinski definition) is 4. The molecule has 0 amide bonds. The van der Waals surface area contributed by atoms with E-state index in [9.17, 15) is 4.91 Å². The highest BCUT2D eigenvalue weighted by Gasteiger charge is 2.54. The number of aliphatic imine (C=N–C) groups is 1. The van der Waals surface area contributed by atoms with Crippen LogP contribution in [-0.2, 0) is 6.42 Å². The van der Waals surface area contributed by atoms with Crippen molar-refractivity contribution in [3.05, 3.63) is 81.2 Å². The molecule has 1 aromatic rings. The molecule has 1 aliphatic carbocycles. The number of rotatable bonds is 3. The number of nitroso groups, excluding NO2 is 1. The van der Waals surface area contributed by atoms with E-state index < -0.39 is 0 Å². The van der Waals surface area contributed by atoms with Crippen LogP contribution in [0.25, 0.3) is 5.57 Å². The number of nitrogens with one attached hydrogen (secondary N) is 1. The van der Waals surface area contributed by atoms with Crippen molar-refractivity contribution in [3.63, 3.8) is 0 Å². The Morgan fingerprint density at radius 2 is 2.27 bits per heavy atom. The van der Waals surface area contributed by atoms with Crippen LogP contribution in [0.15, 0.2) is 70.4 Å². The molecule has 0 radical (unpaired) electrons. The summed E-state index contributed by atoms with van der Waals surface area (Å²) in [5.74, 6) is 0. The second kappa shape index (κ2) is 6.25. The molecule has 2 heterocycles. The van der Waals surface area contributed by atoms with Crippen molar-refractivity contribution in [2.75, 3.05) is 7.05 Å². The number of benzene rings is 1. The molecule has 1 aromatic carbocycles. The summed E-state index contributed by atoms with van der Waals surface area (Å²) in [5.41, 5.74) is 8.75. The van der Waals surface area contributed by atoms with Crippen molar-refractivity contribution in [1.29, 1.82) is 0 Å². The Balaban J connectivity index is 1.91. The molecule has 6 heteroatoms. The Morgan fingerprint density at radius 1 is 1.42 bits per heavy atom. The van der Waals surface area contributed by atoms with Crippen LogP contribution in [0.2, 0.25) is 5.02 Å². The van der Waals surface area contributed by atoms with Crippen LogP contribution < -0.4 is 5.43 Å². The molecule has 1 unspecified atom stereocenters. The van der Waals surface area contributed by atoms with Gasteiger partial charge < -0.3 is 4.90 Å². The summed E-state index contributed by atoms with van der Waals surface area (Å²) in [6, 6.07) is 6.02. The first-order chi connectivity index (χ1) is 12.6. The van der Waals surface area contributed by atoms with Gasteiger partial charge in [-0.2, -0.15) is 0 Å². The van der Waals surface area contributed by atoms with Gasteiger partial charge in [0.05, 0.1) is 16.7 Å². The fourth-order valence-electron chi connectivity index (χ4n) is 3.79. The summed E-state index contributed by atoms with van der Waals surface area (Å²) in [4.78, 5) is 17.2. The lowest BCUT2D eigenvalue weighted by molar-refractivity contribution is 0.584. The van der Waals surface area contributed by atoms with Gasteiger partial charge in [-0.15, -0.1) is 4.91 Å². The van der Waals surface area contributed by atoms with Gasteiger partial charge in [-0.1, -0.05) is 29.8 Å². The normalized spacial score (nSPS) is 25.3. The number of allylic oxidation sites excluding steroid dienone is 4. The summed E-state index contributed by atoms with van der Waals surface area (Å²) in [6.07, 6.45) is 11.6. The van der Waals surface area contributed by atoms with Crippen molar-refractivity contribution in [1.82, 2.24) is 10.3 Å². The molecule has 1 N–H and O–H groups in total. The fraction of sp³-hybridized carbons (Fsp3) is 0.250. The number of likely N-dealkylation sites (N-methyl/N-ethyl adjacent to an activating group) is 1. The van der Waals surface area contributed by atoms with E-state index in [1.54, 1.807) is 6.20 Å². The van der Waals surface area contributed by atoms with Gasteiger partial charge in [-0.25, -0.2) is 5.43 Å². The molecule has 5 nitrogen and oxygen atoms in total. The molecular formula is C20H19ClN4O. The van der Waals surface area contributed by atoms with Crippen molar-refractivity contribution in [2.24, 2.45) is 10.3 Å². The van der Waals surface area contributed by atoms with E-state index in [-0.39, 0.29) is 5.54 Å². The maximum absolute atomic E-state index is 10.5. The minimum absolute atomic E-state index is 0.326. The van der Waals surface area contributed by atoms with Crippen molar-refractivity contribution < 1.29 is 0 Å². The third-order valence-electron chi connectivity index (χ3n) is 5.42. The topological polar surface area (TPSA) is 56.8 Å². The minimum Gasteiger partial charge on any atom is -0.359 e. The highest BCUT2D eigenvalue weighted by Crippen LogP contribution is 2.54. The molecule has 26 heavy (non-hydrogen) atoms. The largest absolute Gasteiger partial charge is 0.359 e. The highest BCUT2D eigenvalue weighted by atomic mass is 35.5. The lowest BCUT2D eigenvalue weighted by atomic mass is 9.89. The number of halogens is 1. The molecule has 0 aromatic heterocycles. The van der Waals surface area contributed by atoms with Gasteiger partial charge in [0.2, 0.25) is 0 Å². The van der Waals surface area contributed by atoms with Crippen molar-refractivity contribution >= 4 is 22.9 Å². The molecule has 0 saturated carbocycles. The number of nitrogens with zero attached hydrogens (tertiary/aromatic N) is 3. The highest BCUT2D eigenvalue weighted by molar-refractivity contribution is 6.30. The van der Waals surface area contributed by atoms with Crippen LogP contribution >= 0.6 is 11.6 Å². The molecule has 0 spiro atoms. The maximum atomic E-state index is 10.5. The minimum atomic E-state index is -0.326. The molecule has 3 aliphatic rings. The lowest BCUT2D eigenvalue weighted by Crippen LogP contribution is -2.14. The monoisotopic (exact) mass is 366 g/mol. The Bertz CT molecular complexity index is 941. The Hall–Kier alpha value is -2.66. The Morgan fingerprint density at radius 3 is 3.08 bits per heavy atom. The molecule has 1 saturated heterocycles. The molecular weight excluding hydrogens is 348 g/mol. The second-order valence-electron chi connectivity index (χ2n) is 6.77. The van der Waals surface area contributed by atoms with E-state index in [2.05, 4.69) is 51.8 Å². The molecule has 1 fully saturated rings. The zero-order valence-electron chi connectivity index (χ0n) is 14.7. The summed E-state index contributed by atoms with van der Waals surface area (Å²) >= 11 is 6.32.